The first kappa shape index (κ1) is 25.2. The molecular weight excluding hydrogens is 511 g/mol. The summed E-state index contributed by atoms with van der Waals surface area (Å²) in [7, 11) is 0. The van der Waals surface area contributed by atoms with Crippen molar-refractivity contribution in [2.75, 3.05) is 5.32 Å². The van der Waals surface area contributed by atoms with E-state index in [1.807, 2.05) is 55.5 Å². The molecule has 0 spiro atoms. The first-order chi connectivity index (χ1) is 17.8. The molecular formula is C28H24ClFN4O2S. The maximum atomic E-state index is 13.8. The Hall–Kier alpha value is -3.49. The van der Waals surface area contributed by atoms with E-state index in [1.54, 1.807) is 24.1 Å². The van der Waals surface area contributed by atoms with Gasteiger partial charge < -0.3 is 5.32 Å². The van der Waals surface area contributed by atoms with Gasteiger partial charge in [0, 0.05) is 23.6 Å². The average Bonchev–Trinajstić information content (AvgIpc) is 3.46. The summed E-state index contributed by atoms with van der Waals surface area (Å²) in [5.74, 6) is -1.20. The standard InChI is InChI=1S/C28H24ClFN4O2S/c1-16-7-10-18(11-8-16)23-14-24(20-5-3-4-6-21(20)29)34(33-23)28-32-27(36)25(37-28)15-26(35)31-19-12-9-17(2)22(30)13-19/h3-13,24-25H,14-15H2,1-2H3,(H,31,35)/t24-,25+/m0/s1. The van der Waals surface area contributed by atoms with Crippen molar-refractivity contribution in [3.8, 4) is 0 Å². The number of halogens is 2. The highest BCUT2D eigenvalue weighted by Gasteiger charge is 2.39. The zero-order chi connectivity index (χ0) is 26.1. The summed E-state index contributed by atoms with van der Waals surface area (Å²) in [6, 6.07) is 19.9. The van der Waals surface area contributed by atoms with Crippen molar-refractivity contribution < 1.29 is 14.0 Å². The molecule has 6 nitrogen and oxygen atoms in total. The number of hydrogen-bond donors (Lipinski definition) is 1. The van der Waals surface area contributed by atoms with Crippen LogP contribution < -0.4 is 5.32 Å². The molecule has 0 fully saturated rings. The fraction of sp³-hybridized carbons (Fsp3) is 0.214. The third-order valence-corrected chi connectivity index (χ3v) is 7.80. The molecule has 5 rings (SSSR count). The number of aryl methyl sites for hydroxylation is 2. The van der Waals surface area contributed by atoms with Crippen molar-refractivity contribution >= 4 is 51.7 Å². The Balaban J connectivity index is 1.35. The number of rotatable bonds is 5. The monoisotopic (exact) mass is 534 g/mol. The van der Waals surface area contributed by atoms with Crippen LogP contribution in [0.1, 0.15) is 41.1 Å². The molecule has 0 bridgehead atoms. The highest BCUT2D eigenvalue weighted by atomic mass is 35.5. The molecule has 1 N–H and O–H groups in total. The number of hydrazone groups is 1. The summed E-state index contributed by atoms with van der Waals surface area (Å²) < 4.78 is 13.8. The van der Waals surface area contributed by atoms with Crippen LogP contribution >= 0.6 is 23.4 Å². The molecule has 0 saturated carbocycles. The number of carbonyl (C=O) groups is 2. The van der Waals surface area contributed by atoms with E-state index in [9.17, 15) is 14.0 Å². The summed E-state index contributed by atoms with van der Waals surface area (Å²) >= 11 is 7.75. The fourth-order valence-corrected chi connectivity index (χ4v) is 5.57. The van der Waals surface area contributed by atoms with Crippen molar-refractivity contribution in [1.82, 2.24) is 5.01 Å². The summed E-state index contributed by atoms with van der Waals surface area (Å²) in [6.45, 7) is 3.68. The smallest absolute Gasteiger partial charge is 0.262 e. The lowest BCUT2D eigenvalue weighted by Gasteiger charge is -2.23. The maximum absolute atomic E-state index is 13.8. The van der Waals surface area contributed by atoms with Crippen molar-refractivity contribution in [2.24, 2.45) is 10.1 Å². The minimum Gasteiger partial charge on any atom is -0.326 e. The van der Waals surface area contributed by atoms with Crippen molar-refractivity contribution in [1.29, 1.82) is 0 Å². The van der Waals surface area contributed by atoms with Crippen LogP contribution in [-0.2, 0) is 9.59 Å². The van der Waals surface area contributed by atoms with Gasteiger partial charge in [-0.25, -0.2) is 9.40 Å². The number of anilines is 1. The molecule has 2 atom stereocenters. The largest absolute Gasteiger partial charge is 0.326 e. The van der Waals surface area contributed by atoms with Crippen LogP contribution in [0, 0.1) is 19.7 Å². The number of aliphatic imine (C=N–C) groups is 1. The number of thioether (sulfide) groups is 1. The average molecular weight is 535 g/mol. The zero-order valence-electron chi connectivity index (χ0n) is 20.2. The van der Waals surface area contributed by atoms with E-state index >= 15 is 0 Å². The van der Waals surface area contributed by atoms with Crippen LogP contribution in [0.15, 0.2) is 76.8 Å². The van der Waals surface area contributed by atoms with E-state index in [4.69, 9.17) is 16.7 Å². The van der Waals surface area contributed by atoms with Crippen molar-refractivity contribution in [2.45, 2.75) is 38.0 Å². The van der Waals surface area contributed by atoms with E-state index in [-0.39, 0.29) is 12.5 Å². The van der Waals surface area contributed by atoms with E-state index in [1.165, 1.54) is 17.8 Å². The SMILES string of the molecule is Cc1ccc(C2=NN(C3=NC(=O)[C@@H](CC(=O)Nc4ccc(C)c(F)c4)S3)[C@H](c3ccccc3Cl)C2)cc1. The van der Waals surface area contributed by atoms with Crippen LogP contribution in [0.4, 0.5) is 10.1 Å². The van der Waals surface area contributed by atoms with E-state index in [0.717, 1.165) is 22.4 Å². The van der Waals surface area contributed by atoms with Gasteiger partial charge in [0.2, 0.25) is 5.91 Å². The number of amidine groups is 1. The number of amides is 2. The Morgan fingerprint density at radius 1 is 1.14 bits per heavy atom. The predicted octanol–water partition coefficient (Wildman–Crippen LogP) is 6.27. The van der Waals surface area contributed by atoms with Gasteiger partial charge in [-0.1, -0.05) is 77.5 Å². The minimum absolute atomic E-state index is 0.0921. The van der Waals surface area contributed by atoms with E-state index in [0.29, 0.717) is 27.9 Å². The summed E-state index contributed by atoms with van der Waals surface area (Å²) in [5, 5.41) is 9.59. The quantitative estimate of drug-likeness (QED) is 0.418. The molecule has 37 heavy (non-hydrogen) atoms. The van der Waals surface area contributed by atoms with Crippen molar-refractivity contribution in [3.63, 3.8) is 0 Å². The molecule has 2 amide bonds. The number of carbonyl (C=O) groups excluding carboxylic acids is 2. The molecule has 0 radical (unpaired) electrons. The second-order valence-corrected chi connectivity index (χ2v) is 10.6. The lowest BCUT2D eigenvalue weighted by atomic mass is 9.98. The molecule has 0 unspecified atom stereocenters. The van der Waals surface area contributed by atoms with Crippen LogP contribution in [0.5, 0.6) is 0 Å². The van der Waals surface area contributed by atoms with Gasteiger partial charge in [-0.15, -0.1) is 0 Å². The molecule has 2 aliphatic rings. The molecule has 0 aromatic heterocycles. The highest BCUT2D eigenvalue weighted by molar-refractivity contribution is 8.15. The fourth-order valence-electron chi connectivity index (χ4n) is 4.25. The number of benzene rings is 3. The molecule has 3 aromatic carbocycles. The molecule has 2 heterocycles. The normalized spacial score (nSPS) is 19.1. The molecule has 9 heteroatoms. The second kappa shape index (κ2) is 10.5. The third kappa shape index (κ3) is 5.45. The maximum Gasteiger partial charge on any atom is 0.262 e. The van der Waals surface area contributed by atoms with Crippen molar-refractivity contribution in [3.05, 3.63) is 99.8 Å². The summed E-state index contributed by atoms with van der Waals surface area (Å²) in [6.07, 6.45) is 0.496. The van der Waals surface area contributed by atoms with Crippen LogP contribution in [-0.4, -0.2) is 33.0 Å². The lowest BCUT2D eigenvalue weighted by molar-refractivity contribution is -0.121. The molecule has 2 aliphatic heterocycles. The number of nitrogens with one attached hydrogen (secondary N) is 1. The van der Waals surface area contributed by atoms with Gasteiger partial charge in [-0.2, -0.15) is 10.1 Å². The molecule has 0 saturated heterocycles. The molecule has 188 valence electrons. The van der Waals surface area contributed by atoms with Gasteiger partial charge in [0.15, 0.2) is 5.17 Å². The van der Waals surface area contributed by atoms with Gasteiger partial charge in [0.1, 0.15) is 11.1 Å². The summed E-state index contributed by atoms with van der Waals surface area (Å²) in [5.41, 5.74) is 4.72. The van der Waals surface area contributed by atoms with Gasteiger partial charge in [0.25, 0.3) is 5.91 Å². The predicted molar refractivity (Wildman–Crippen MR) is 147 cm³/mol. The van der Waals surface area contributed by atoms with E-state index < -0.39 is 22.9 Å². The topological polar surface area (TPSA) is 74.1 Å². The van der Waals surface area contributed by atoms with Gasteiger partial charge >= 0.3 is 0 Å². The van der Waals surface area contributed by atoms with Crippen LogP contribution in [0.2, 0.25) is 5.02 Å². The highest BCUT2D eigenvalue weighted by Crippen LogP contribution is 2.40. The van der Waals surface area contributed by atoms with E-state index in [2.05, 4.69) is 10.3 Å². The van der Waals surface area contributed by atoms with Crippen LogP contribution in [0.3, 0.4) is 0 Å². The van der Waals surface area contributed by atoms with Gasteiger partial charge in [-0.3, -0.25) is 9.59 Å². The number of hydrogen-bond acceptors (Lipinski definition) is 5. The first-order valence-electron chi connectivity index (χ1n) is 11.8. The Morgan fingerprint density at radius 2 is 1.89 bits per heavy atom. The number of nitrogens with zero attached hydrogens (tertiary/aromatic N) is 3. The Morgan fingerprint density at radius 3 is 2.62 bits per heavy atom. The molecule has 0 aliphatic carbocycles. The summed E-state index contributed by atoms with van der Waals surface area (Å²) in [4.78, 5) is 29.7. The lowest BCUT2D eigenvalue weighted by Crippen LogP contribution is -2.25. The second-order valence-electron chi connectivity index (χ2n) is 9.05. The zero-order valence-corrected chi connectivity index (χ0v) is 21.8. The van der Waals surface area contributed by atoms with Gasteiger partial charge in [-0.05, 0) is 48.7 Å². The Kier molecular flexibility index (Phi) is 7.13. The van der Waals surface area contributed by atoms with Crippen LogP contribution in [0.25, 0.3) is 0 Å². The Labute approximate surface area is 223 Å². The van der Waals surface area contributed by atoms with Gasteiger partial charge in [0.05, 0.1) is 11.8 Å². The third-order valence-electron chi connectivity index (χ3n) is 6.31. The molecule has 3 aromatic rings. The first-order valence-corrected chi connectivity index (χ1v) is 13.1. The minimum atomic E-state index is -0.698. The Bertz CT molecular complexity index is 1440.